The van der Waals surface area contributed by atoms with Gasteiger partial charge in [-0.25, -0.2) is 8.78 Å². The fourth-order valence-electron chi connectivity index (χ4n) is 1.57. The Morgan fingerprint density at radius 2 is 1.59 bits per heavy atom. The fraction of sp³-hybridized carbons (Fsp3) is 0. The molecule has 0 spiro atoms. The molecule has 2 aromatic carbocycles. The molecule has 2 aromatic rings. The van der Waals surface area contributed by atoms with Crippen LogP contribution in [0.25, 0.3) is 11.1 Å². The highest BCUT2D eigenvalue weighted by molar-refractivity contribution is 6.33. The van der Waals surface area contributed by atoms with Crippen molar-refractivity contribution in [3.63, 3.8) is 0 Å². The van der Waals surface area contributed by atoms with E-state index in [9.17, 15) is 8.78 Å². The summed E-state index contributed by atoms with van der Waals surface area (Å²) >= 11 is 5.97. The predicted octanol–water partition coefficient (Wildman–Crippen LogP) is 4.27. The standard InChI is InChI=1S/C14H7ClF2/c1-2-9-7-10(16)3-5-12(9)13-8-11(17)4-6-14(13)15/h1,3-8H. The zero-order valence-corrected chi connectivity index (χ0v) is 9.43. The highest BCUT2D eigenvalue weighted by Gasteiger charge is 2.09. The maximum absolute atomic E-state index is 13.2. The molecule has 0 amide bonds. The van der Waals surface area contributed by atoms with E-state index in [0.717, 1.165) is 0 Å². The first-order valence-corrected chi connectivity index (χ1v) is 5.21. The van der Waals surface area contributed by atoms with E-state index in [4.69, 9.17) is 18.0 Å². The summed E-state index contributed by atoms with van der Waals surface area (Å²) in [5, 5.41) is 0.370. The normalized spacial score (nSPS) is 10.0. The van der Waals surface area contributed by atoms with Gasteiger partial charge in [0.25, 0.3) is 0 Å². The zero-order valence-electron chi connectivity index (χ0n) is 8.68. The number of hydrogen-bond acceptors (Lipinski definition) is 0. The van der Waals surface area contributed by atoms with Gasteiger partial charge >= 0.3 is 0 Å². The molecule has 17 heavy (non-hydrogen) atoms. The molecule has 0 atom stereocenters. The Morgan fingerprint density at radius 1 is 0.941 bits per heavy atom. The van der Waals surface area contributed by atoms with Gasteiger partial charge in [-0.2, -0.15) is 0 Å². The molecule has 0 aliphatic rings. The molecular weight excluding hydrogens is 242 g/mol. The van der Waals surface area contributed by atoms with Crippen LogP contribution in [0, 0.1) is 24.0 Å². The third-order valence-corrected chi connectivity index (χ3v) is 2.69. The van der Waals surface area contributed by atoms with Gasteiger partial charge in [-0.3, -0.25) is 0 Å². The Balaban J connectivity index is 2.69. The second-order valence-corrected chi connectivity index (χ2v) is 3.87. The molecule has 3 heteroatoms. The quantitative estimate of drug-likeness (QED) is 0.662. The van der Waals surface area contributed by atoms with E-state index in [2.05, 4.69) is 5.92 Å². The lowest BCUT2D eigenvalue weighted by Crippen LogP contribution is -1.88. The van der Waals surface area contributed by atoms with Crippen LogP contribution in [0.2, 0.25) is 5.02 Å². The van der Waals surface area contributed by atoms with Crippen LogP contribution in [0.4, 0.5) is 8.78 Å². The van der Waals surface area contributed by atoms with Gasteiger partial charge in [-0.05, 0) is 35.9 Å². The summed E-state index contributed by atoms with van der Waals surface area (Å²) < 4.78 is 26.2. The molecule has 0 aliphatic heterocycles. The van der Waals surface area contributed by atoms with Crippen LogP contribution in [0.5, 0.6) is 0 Å². The van der Waals surface area contributed by atoms with Gasteiger partial charge in [0, 0.05) is 16.1 Å². The van der Waals surface area contributed by atoms with Crippen molar-refractivity contribution < 1.29 is 8.78 Å². The van der Waals surface area contributed by atoms with Crippen molar-refractivity contribution >= 4 is 11.6 Å². The van der Waals surface area contributed by atoms with Crippen molar-refractivity contribution in [3.8, 4) is 23.5 Å². The van der Waals surface area contributed by atoms with Crippen molar-refractivity contribution in [2.24, 2.45) is 0 Å². The molecule has 0 fully saturated rings. The minimum absolute atomic E-state index is 0.345. The summed E-state index contributed by atoms with van der Waals surface area (Å²) in [6, 6.07) is 7.94. The molecule has 0 bridgehead atoms. The number of benzene rings is 2. The van der Waals surface area contributed by atoms with Crippen molar-refractivity contribution in [1.82, 2.24) is 0 Å². The summed E-state index contributed by atoms with van der Waals surface area (Å²) in [5.41, 5.74) is 1.34. The molecule has 0 saturated carbocycles. The molecule has 0 radical (unpaired) electrons. The molecule has 0 aromatic heterocycles. The second-order valence-electron chi connectivity index (χ2n) is 3.46. The second kappa shape index (κ2) is 4.57. The van der Waals surface area contributed by atoms with Gasteiger partial charge in [0.1, 0.15) is 11.6 Å². The number of halogens is 3. The third kappa shape index (κ3) is 2.30. The summed E-state index contributed by atoms with van der Waals surface area (Å²) in [7, 11) is 0. The summed E-state index contributed by atoms with van der Waals surface area (Å²) in [5.74, 6) is 1.50. The van der Waals surface area contributed by atoms with Gasteiger partial charge < -0.3 is 0 Å². The van der Waals surface area contributed by atoms with E-state index in [-0.39, 0.29) is 0 Å². The zero-order chi connectivity index (χ0) is 12.4. The van der Waals surface area contributed by atoms with E-state index in [1.165, 1.54) is 36.4 Å². The monoisotopic (exact) mass is 248 g/mol. The van der Waals surface area contributed by atoms with Crippen LogP contribution in [-0.2, 0) is 0 Å². The average molecular weight is 249 g/mol. The minimum atomic E-state index is -0.436. The maximum Gasteiger partial charge on any atom is 0.124 e. The van der Waals surface area contributed by atoms with Crippen LogP contribution in [0.3, 0.4) is 0 Å². The van der Waals surface area contributed by atoms with Crippen LogP contribution in [0.1, 0.15) is 5.56 Å². The summed E-state index contributed by atoms with van der Waals surface area (Å²) in [6.45, 7) is 0. The molecule has 0 saturated heterocycles. The Hall–Kier alpha value is -1.85. The van der Waals surface area contributed by atoms with Gasteiger partial charge in [0.2, 0.25) is 0 Å². The van der Waals surface area contributed by atoms with E-state index in [0.29, 0.717) is 21.7 Å². The first kappa shape index (κ1) is 11.6. The third-order valence-electron chi connectivity index (χ3n) is 2.36. The van der Waals surface area contributed by atoms with Gasteiger partial charge in [0.15, 0.2) is 0 Å². The predicted molar refractivity (Wildman–Crippen MR) is 64.7 cm³/mol. The summed E-state index contributed by atoms with van der Waals surface area (Å²) in [6.07, 6.45) is 5.29. The van der Waals surface area contributed by atoms with E-state index in [1.807, 2.05) is 0 Å². The number of rotatable bonds is 1. The Morgan fingerprint density at radius 3 is 2.29 bits per heavy atom. The molecule has 0 aliphatic carbocycles. The van der Waals surface area contributed by atoms with Crippen LogP contribution in [0.15, 0.2) is 36.4 Å². The maximum atomic E-state index is 13.2. The first-order valence-electron chi connectivity index (χ1n) is 4.83. The van der Waals surface area contributed by atoms with Gasteiger partial charge in [0.05, 0.1) is 0 Å². The molecule has 0 heterocycles. The van der Waals surface area contributed by atoms with Crippen molar-refractivity contribution in [1.29, 1.82) is 0 Å². The molecule has 0 N–H and O–H groups in total. The average Bonchev–Trinajstić information content (AvgIpc) is 2.32. The van der Waals surface area contributed by atoms with Crippen molar-refractivity contribution in [3.05, 3.63) is 58.6 Å². The lowest BCUT2D eigenvalue weighted by molar-refractivity contribution is 0.627. The van der Waals surface area contributed by atoms with Gasteiger partial charge in [-0.15, -0.1) is 6.42 Å². The Kier molecular flexibility index (Phi) is 3.12. The van der Waals surface area contributed by atoms with Crippen LogP contribution in [-0.4, -0.2) is 0 Å². The molecular formula is C14H7ClF2. The first-order chi connectivity index (χ1) is 8.11. The Labute approximate surface area is 103 Å². The van der Waals surface area contributed by atoms with E-state index in [1.54, 1.807) is 0 Å². The summed E-state index contributed by atoms with van der Waals surface area (Å²) in [4.78, 5) is 0. The molecule has 84 valence electrons. The highest BCUT2D eigenvalue weighted by Crippen LogP contribution is 2.31. The number of hydrogen-bond donors (Lipinski definition) is 0. The molecule has 0 unspecified atom stereocenters. The van der Waals surface area contributed by atoms with Gasteiger partial charge in [-0.1, -0.05) is 23.6 Å². The van der Waals surface area contributed by atoms with Crippen molar-refractivity contribution in [2.75, 3.05) is 0 Å². The highest BCUT2D eigenvalue weighted by atomic mass is 35.5. The largest absolute Gasteiger partial charge is 0.207 e. The lowest BCUT2D eigenvalue weighted by atomic mass is 10.00. The minimum Gasteiger partial charge on any atom is -0.207 e. The fourth-order valence-corrected chi connectivity index (χ4v) is 1.79. The Bertz CT molecular complexity index is 612. The molecule has 0 nitrogen and oxygen atoms in total. The number of terminal acetylenes is 1. The van der Waals surface area contributed by atoms with Crippen LogP contribution >= 0.6 is 11.6 Å². The van der Waals surface area contributed by atoms with E-state index < -0.39 is 11.6 Å². The molecule has 2 rings (SSSR count). The van der Waals surface area contributed by atoms with Crippen LogP contribution < -0.4 is 0 Å². The topological polar surface area (TPSA) is 0 Å². The van der Waals surface area contributed by atoms with Crippen molar-refractivity contribution in [2.45, 2.75) is 0 Å². The SMILES string of the molecule is C#Cc1cc(F)ccc1-c1cc(F)ccc1Cl. The lowest BCUT2D eigenvalue weighted by Gasteiger charge is -2.07. The smallest absolute Gasteiger partial charge is 0.124 e. The van der Waals surface area contributed by atoms with E-state index >= 15 is 0 Å².